The minimum atomic E-state index is -0.0951. The Balaban J connectivity index is 0.00000123. The zero-order valence-electron chi connectivity index (χ0n) is 40.0. The van der Waals surface area contributed by atoms with Gasteiger partial charge in [-0.25, -0.2) is 0 Å². The monoisotopic (exact) mass is 841 g/mol. The second-order valence-corrected chi connectivity index (χ2v) is 16.6. The molecule has 2 heteroatoms. The molecule has 0 radical (unpaired) electrons. The van der Waals surface area contributed by atoms with Crippen LogP contribution in [0.3, 0.4) is 0 Å². The van der Waals surface area contributed by atoms with Crippen molar-refractivity contribution in [3.05, 3.63) is 228 Å². The van der Waals surface area contributed by atoms with Gasteiger partial charge in [0, 0.05) is 45.0 Å². The lowest BCUT2D eigenvalue weighted by atomic mass is 9.67. The molecule has 0 heterocycles. The molecule has 0 spiro atoms. The molecule has 0 fully saturated rings. The first-order valence-corrected chi connectivity index (χ1v) is 22.9. The smallest absolute Gasteiger partial charge is 0.0461 e. The van der Waals surface area contributed by atoms with Crippen LogP contribution in [0, 0.1) is 12.8 Å². The lowest BCUT2D eigenvalue weighted by molar-refractivity contribution is 0.596. The number of hydrogen-bond donors (Lipinski definition) is 0. The van der Waals surface area contributed by atoms with Crippen molar-refractivity contribution in [2.45, 2.75) is 92.9 Å². The summed E-state index contributed by atoms with van der Waals surface area (Å²) in [5.41, 5.74) is 19.8. The van der Waals surface area contributed by atoms with E-state index in [1.165, 1.54) is 50.1 Å². The summed E-state index contributed by atoms with van der Waals surface area (Å²) in [7, 11) is 0. The molecule has 0 aliphatic heterocycles. The summed E-state index contributed by atoms with van der Waals surface area (Å²) in [6.45, 7) is 29.9. The van der Waals surface area contributed by atoms with Crippen molar-refractivity contribution in [1.29, 1.82) is 0 Å². The summed E-state index contributed by atoms with van der Waals surface area (Å²) in [5, 5.41) is 0. The van der Waals surface area contributed by atoms with Gasteiger partial charge in [-0.15, -0.1) is 12.8 Å². The second kappa shape index (κ2) is 21.5. The van der Waals surface area contributed by atoms with Gasteiger partial charge in [0.1, 0.15) is 0 Å². The summed E-state index contributed by atoms with van der Waals surface area (Å²) in [6, 6.07) is 42.6. The highest BCUT2D eigenvalue weighted by Crippen LogP contribution is 2.51. The Labute approximate surface area is 386 Å². The van der Waals surface area contributed by atoms with E-state index in [4.69, 9.17) is 0 Å². The van der Waals surface area contributed by atoms with Gasteiger partial charge in [-0.2, -0.15) is 0 Å². The van der Waals surface area contributed by atoms with Crippen LogP contribution in [0.5, 0.6) is 0 Å². The third-order valence-electron chi connectivity index (χ3n) is 12.4. The van der Waals surface area contributed by atoms with Crippen LogP contribution in [0.4, 0.5) is 17.1 Å². The van der Waals surface area contributed by atoms with Gasteiger partial charge in [-0.05, 0) is 137 Å². The van der Waals surface area contributed by atoms with Crippen molar-refractivity contribution < 1.29 is 0 Å². The molecule has 5 aromatic carbocycles. The molecule has 3 aliphatic carbocycles. The third kappa shape index (κ3) is 9.41. The Bertz CT molecular complexity index is 2650. The number of anilines is 3. The first kappa shape index (κ1) is 48.2. The molecular weight excluding hydrogens is 773 g/mol. The van der Waals surface area contributed by atoms with Gasteiger partial charge < -0.3 is 9.80 Å². The summed E-state index contributed by atoms with van der Waals surface area (Å²) in [5.74, 6) is 0. The molecule has 0 saturated heterocycles. The molecule has 0 unspecified atom stereocenters. The molecular formula is C62H68N2. The molecule has 0 atom stereocenters. The van der Waals surface area contributed by atoms with Gasteiger partial charge in [-0.3, -0.25) is 0 Å². The van der Waals surface area contributed by atoms with E-state index in [2.05, 4.69) is 229 Å². The van der Waals surface area contributed by atoms with Crippen LogP contribution in [-0.2, 0) is 10.8 Å². The van der Waals surface area contributed by atoms with Crippen LogP contribution >= 0.6 is 0 Å². The average molecular weight is 841 g/mol. The summed E-state index contributed by atoms with van der Waals surface area (Å²) < 4.78 is 0. The number of rotatable bonds is 10. The molecule has 0 N–H and O–H groups in total. The average Bonchev–Trinajstić information content (AvgIpc) is 3.56. The van der Waals surface area contributed by atoms with Crippen molar-refractivity contribution in [3.8, 4) is 35.1 Å². The SMILES string of the molecule is C#C.C=C/C=C(\C=C)N(C1=C/C/C=C2\C/C(=C\1)C(C)(C)c1ccccc12)c1ccc(-c2ccc(N(/C(C)=C/C=C\C)c3ccc4c(c3)C(C)(C)c3ccccc3-4)cc2)cc1.CC.CC. The van der Waals surface area contributed by atoms with E-state index in [1.54, 1.807) is 0 Å². The summed E-state index contributed by atoms with van der Waals surface area (Å²) in [6.07, 6.45) is 29.1. The Kier molecular flexibility index (Phi) is 16.2. The Morgan fingerprint density at radius 1 is 0.609 bits per heavy atom. The maximum Gasteiger partial charge on any atom is 0.0461 e. The van der Waals surface area contributed by atoms with E-state index < -0.39 is 0 Å². The third-order valence-corrected chi connectivity index (χ3v) is 12.4. The van der Waals surface area contributed by atoms with Crippen LogP contribution in [0.2, 0.25) is 0 Å². The van der Waals surface area contributed by atoms with Crippen LogP contribution in [0.15, 0.2) is 206 Å². The Morgan fingerprint density at radius 3 is 1.72 bits per heavy atom. The van der Waals surface area contributed by atoms with E-state index in [-0.39, 0.29) is 10.8 Å². The van der Waals surface area contributed by atoms with Crippen molar-refractivity contribution in [2.75, 3.05) is 9.80 Å². The number of allylic oxidation sites excluding steroid dienone is 12. The highest BCUT2D eigenvalue weighted by atomic mass is 15.2. The van der Waals surface area contributed by atoms with Crippen LogP contribution in [-0.4, -0.2) is 0 Å². The molecule has 0 saturated carbocycles. The normalized spacial score (nSPS) is 17.6. The maximum atomic E-state index is 4.23. The minimum absolute atomic E-state index is 0.0732. The van der Waals surface area contributed by atoms with E-state index in [0.29, 0.717) is 0 Å². The zero-order chi connectivity index (χ0) is 46.6. The number of benzene rings is 5. The Morgan fingerprint density at radius 2 is 1.14 bits per heavy atom. The molecule has 8 rings (SSSR count). The fraction of sp³-hybridized carbons (Fsp3) is 0.226. The van der Waals surface area contributed by atoms with E-state index >= 15 is 0 Å². The second-order valence-electron chi connectivity index (χ2n) is 16.6. The lowest BCUT2D eigenvalue weighted by Crippen LogP contribution is -2.28. The predicted octanol–water partition coefficient (Wildman–Crippen LogP) is 17.6. The Hall–Kier alpha value is -6.82. The van der Waals surface area contributed by atoms with Gasteiger partial charge in [0.2, 0.25) is 0 Å². The highest BCUT2D eigenvalue weighted by Gasteiger charge is 2.36. The summed E-state index contributed by atoms with van der Waals surface area (Å²) in [4.78, 5) is 4.69. The van der Waals surface area contributed by atoms with Crippen LogP contribution < -0.4 is 9.80 Å². The topological polar surface area (TPSA) is 6.48 Å². The van der Waals surface area contributed by atoms with Gasteiger partial charge in [0.25, 0.3) is 0 Å². The molecule has 2 bridgehead atoms. The zero-order valence-corrected chi connectivity index (χ0v) is 40.0. The van der Waals surface area contributed by atoms with Crippen molar-refractivity contribution >= 4 is 22.6 Å². The molecule has 5 aromatic rings. The molecule has 2 nitrogen and oxygen atoms in total. The molecule has 0 aromatic heterocycles. The number of fused-ring (bicyclic) bond motifs is 7. The van der Waals surface area contributed by atoms with Crippen molar-refractivity contribution in [2.24, 2.45) is 0 Å². The maximum absolute atomic E-state index is 4.23. The van der Waals surface area contributed by atoms with Gasteiger partial charge in [0.05, 0.1) is 0 Å². The largest absolute Gasteiger partial charge is 0.315 e. The quantitative estimate of drug-likeness (QED) is 0.102. The summed E-state index contributed by atoms with van der Waals surface area (Å²) >= 11 is 0. The fourth-order valence-corrected chi connectivity index (χ4v) is 9.24. The molecule has 3 aliphatic rings. The highest BCUT2D eigenvalue weighted by molar-refractivity contribution is 5.84. The number of nitrogens with zero attached hydrogens (tertiary/aromatic N) is 2. The first-order chi connectivity index (χ1) is 31.1. The van der Waals surface area contributed by atoms with Crippen LogP contribution in [0.25, 0.3) is 27.8 Å². The van der Waals surface area contributed by atoms with E-state index in [9.17, 15) is 0 Å². The van der Waals surface area contributed by atoms with Crippen LogP contribution in [0.1, 0.15) is 104 Å². The molecule has 326 valence electrons. The molecule has 64 heavy (non-hydrogen) atoms. The first-order valence-electron chi connectivity index (χ1n) is 22.9. The van der Waals surface area contributed by atoms with E-state index in [1.807, 2.05) is 45.9 Å². The minimum Gasteiger partial charge on any atom is -0.315 e. The number of terminal acetylenes is 1. The standard InChI is InChI=1S/C56H54N2.2C2H6.C2H2/c1-9-12-19-39(4)57(48-34-35-51-50-23-14-16-25-53(50)56(7,8)54(51)38-48)45-30-26-40(27-31-45)41-28-32-46(33-29-41)58(44(11-3)18-10-2)47-21-17-20-42-36-43(37-47)55(5,6)52-24-15-13-22-49(42)52;3*1-2/h9-16,18-35,37-38H,2-3,17,36H2,1,4-8H3;2*1-2H3;1-2H/b12-9-,39-19+,42-20+,43-37+,44-18+,47-21+;;;. The van der Waals surface area contributed by atoms with Gasteiger partial charge in [0.15, 0.2) is 0 Å². The fourth-order valence-electron chi connectivity index (χ4n) is 9.24. The number of hydrogen-bond acceptors (Lipinski definition) is 2. The van der Waals surface area contributed by atoms with Gasteiger partial charge >= 0.3 is 0 Å². The molecule has 0 amide bonds. The van der Waals surface area contributed by atoms with Crippen molar-refractivity contribution in [1.82, 2.24) is 0 Å². The van der Waals surface area contributed by atoms with Gasteiger partial charge in [-0.1, -0.05) is 183 Å². The van der Waals surface area contributed by atoms with Crippen molar-refractivity contribution in [3.63, 3.8) is 0 Å². The predicted molar refractivity (Wildman–Crippen MR) is 283 cm³/mol. The lowest BCUT2D eigenvalue weighted by Gasteiger charge is -2.39. The van der Waals surface area contributed by atoms with E-state index in [0.717, 1.165) is 52.6 Å².